The fourth-order valence-electron chi connectivity index (χ4n) is 4.02. The third-order valence-electron chi connectivity index (χ3n) is 5.59. The first kappa shape index (κ1) is 17.4. The van der Waals surface area contributed by atoms with Gasteiger partial charge in [-0.1, -0.05) is 24.3 Å². The highest BCUT2D eigenvalue weighted by Gasteiger charge is 2.28. The molecule has 1 aromatic carbocycles. The molecule has 2 aliphatic heterocycles. The van der Waals surface area contributed by atoms with E-state index in [1.165, 1.54) is 49.9 Å². The van der Waals surface area contributed by atoms with Gasteiger partial charge in [0.25, 0.3) is 0 Å². The Balaban J connectivity index is 1.51. The maximum absolute atomic E-state index is 12.6. The number of hydrogen-bond donors (Lipinski definition) is 0. The van der Waals surface area contributed by atoms with Crippen LogP contribution in [0.5, 0.6) is 0 Å². The summed E-state index contributed by atoms with van der Waals surface area (Å²) < 4.78 is 0. The molecule has 1 aromatic rings. The van der Waals surface area contributed by atoms with Crippen LogP contribution in [0.2, 0.25) is 0 Å². The van der Waals surface area contributed by atoms with Crippen molar-refractivity contribution in [3.05, 3.63) is 35.4 Å². The lowest BCUT2D eigenvalue weighted by molar-refractivity contribution is -0.132. The summed E-state index contributed by atoms with van der Waals surface area (Å²) in [6.45, 7) is 8.00. The summed E-state index contributed by atoms with van der Waals surface area (Å²) >= 11 is 0. The lowest BCUT2D eigenvalue weighted by atomic mass is 10.0. The Kier molecular flexibility index (Phi) is 5.90. The van der Waals surface area contributed by atoms with E-state index in [0.29, 0.717) is 19.1 Å². The molecule has 0 aliphatic carbocycles. The Labute approximate surface area is 146 Å². The summed E-state index contributed by atoms with van der Waals surface area (Å²) in [7, 11) is 1.93. The number of hydrogen-bond acceptors (Lipinski definition) is 3. The molecule has 2 saturated heterocycles. The molecule has 0 saturated carbocycles. The number of carbonyl (C=O) groups is 1. The molecular formula is C20H31N3O. The number of benzene rings is 1. The molecule has 3 rings (SSSR count). The molecule has 0 aromatic heterocycles. The van der Waals surface area contributed by atoms with Crippen molar-refractivity contribution in [1.29, 1.82) is 0 Å². The van der Waals surface area contributed by atoms with E-state index in [1.807, 2.05) is 24.1 Å². The van der Waals surface area contributed by atoms with E-state index in [0.717, 1.165) is 13.1 Å². The second kappa shape index (κ2) is 8.13. The zero-order valence-electron chi connectivity index (χ0n) is 15.2. The lowest BCUT2D eigenvalue weighted by Gasteiger charge is -2.37. The standard InChI is InChI=1S/C20H31N3O/c1-17-8-3-4-9-18(17)14-21(2)20(24)16-22-11-7-10-19(15-22)23-12-5-6-13-23/h3-4,8-9,19H,5-7,10-16H2,1-2H3. The van der Waals surface area contributed by atoms with E-state index in [9.17, 15) is 4.79 Å². The summed E-state index contributed by atoms with van der Waals surface area (Å²) in [6, 6.07) is 8.98. The predicted molar refractivity (Wildman–Crippen MR) is 97.9 cm³/mol. The van der Waals surface area contributed by atoms with Gasteiger partial charge in [0, 0.05) is 26.2 Å². The van der Waals surface area contributed by atoms with Gasteiger partial charge in [-0.05, 0) is 63.4 Å². The molecule has 2 aliphatic rings. The Morgan fingerprint density at radius 1 is 1.17 bits per heavy atom. The second-order valence-corrected chi connectivity index (χ2v) is 7.45. The minimum atomic E-state index is 0.236. The molecule has 132 valence electrons. The summed E-state index contributed by atoms with van der Waals surface area (Å²) in [5.74, 6) is 0.236. The highest BCUT2D eigenvalue weighted by atomic mass is 16.2. The van der Waals surface area contributed by atoms with Crippen LogP contribution in [0.4, 0.5) is 0 Å². The molecule has 0 bridgehead atoms. The van der Waals surface area contributed by atoms with Crippen LogP contribution < -0.4 is 0 Å². The van der Waals surface area contributed by atoms with E-state index in [4.69, 9.17) is 0 Å². The van der Waals surface area contributed by atoms with Crippen molar-refractivity contribution in [1.82, 2.24) is 14.7 Å². The average molecular weight is 329 g/mol. The number of amides is 1. The van der Waals surface area contributed by atoms with Crippen molar-refractivity contribution in [3.63, 3.8) is 0 Å². The topological polar surface area (TPSA) is 26.8 Å². The van der Waals surface area contributed by atoms with E-state index in [1.54, 1.807) is 0 Å². The zero-order chi connectivity index (χ0) is 16.9. The van der Waals surface area contributed by atoms with Gasteiger partial charge in [-0.25, -0.2) is 0 Å². The fraction of sp³-hybridized carbons (Fsp3) is 0.650. The van der Waals surface area contributed by atoms with Crippen molar-refractivity contribution in [2.24, 2.45) is 0 Å². The smallest absolute Gasteiger partial charge is 0.236 e. The van der Waals surface area contributed by atoms with Gasteiger partial charge in [-0.2, -0.15) is 0 Å². The minimum Gasteiger partial charge on any atom is -0.340 e. The predicted octanol–water partition coefficient (Wildman–Crippen LogP) is 2.51. The molecule has 2 heterocycles. The highest BCUT2D eigenvalue weighted by molar-refractivity contribution is 5.78. The normalized spacial score (nSPS) is 22.7. The zero-order valence-corrected chi connectivity index (χ0v) is 15.2. The maximum Gasteiger partial charge on any atom is 0.236 e. The monoisotopic (exact) mass is 329 g/mol. The van der Waals surface area contributed by atoms with Gasteiger partial charge < -0.3 is 4.90 Å². The van der Waals surface area contributed by atoms with Crippen LogP contribution >= 0.6 is 0 Å². The average Bonchev–Trinajstić information content (AvgIpc) is 3.12. The summed E-state index contributed by atoms with van der Waals surface area (Å²) in [6.07, 6.45) is 5.20. The van der Waals surface area contributed by atoms with Gasteiger partial charge in [0.15, 0.2) is 0 Å². The first-order valence-electron chi connectivity index (χ1n) is 9.38. The molecule has 1 unspecified atom stereocenters. The summed E-state index contributed by atoms with van der Waals surface area (Å²) in [4.78, 5) is 19.5. The van der Waals surface area contributed by atoms with Crippen LogP contribution in [-0.2, 0) is 11.3 Å². The van der Waals surface area contributed by atoms with Crippen molar-refractivity contribution in [2.75, 3.05) is 39.8 Å². The van der Waals surface area contributed by atoms with Crippen LogP contribution in [0.3, 0.4) is 0 Å². The summed E-state index contributed by atoms with van der Waals surface area (Å²) in [5.41, 5.74) is 2.49. The number of likely N-dealkylation sites (tertiary alicyclic amines) is 2. The molecule has 1 amide bonds. The third-order valence-corrected chi connectivity index (χ3v) is 5.59. The highest BCUT2D eigenvalue weighted by Crippen LogP contribution is 2.20. The minimum absolute atomic E-state index is 0.236. The van der Waals surface area contributed by atoms with Crippen LogP contribution in [-0.4, -0.2) is 66.4 Å². The number of aryl methyl sites for hydroxylation is 1. The molecule has 0 spiro atoms. The molecule has 24 heavy (non-hydrogen) atoms. The Hall–Kier alpha value is -1.39. The van der Waals surface area contributed by atoms with Crippen LogP contribution in [0, 0.1) is 6.92 Å². The van der Waals surface area contributed by atoms with Crippen LogP contribution in [0.1, 0.15) is 36.8 Å². The number of likely N-dealkylation sites (N-methyl/N-ethyl adjacent to an activating group) is 1. The Morgan fingerprint density at radius 3 is 2.67 bits per heavy atom. The molecule has 4 heteroatoms. The van der Waals surface area contributed by atoms with Crippen LogP contribution in [0.25, 0.3) is 0 Å². The van der Waals surface area contributed by atoms with Gasteiger partial charge >= 0.3 is 0 Å². The molecule has 0 N–H and O–H groups in total. The van der Waals surface area contributed by atoms with Gasteiger partial charge in [0.2, 0.25) is 5.91 Å². The number of carbonyl (C=O) groups excluding carboxylic acids is 1. The lowest BCUT2D eigenvalue weighted by Crippen LogP contribution is -2.49. The maximum atomic E-state index is 12.6. The molecule has 2 fully saturated rings. The van der Waals surface area contributed by atoms with E-state index >= 15 is 0 Å². The van der Waals surface area contributed by atoms with Crippen molar-refractivity contribution in [2.45, 2.75) is 45.2 Å². The van der Waals surface area contributed by atoms with Crippen molar-refractivity contribution in [3.8, 4) is 0 Å². The Bertz CT molecular complexity index is 554. The van der Waals surface area contributed by atoms with Gasteiger partial charge in [-0.3, -0.25) is 14.6 Å². The van der Waals surface area contributed by atoms with E-state index in [-0.39, 0.29) is 5.91 Å². The number of rotatable bonds is 5. The quantitative estimate of drug-likeness (QED) is 0.830. The van der Waals surface area contributed by atoms with Gasteiger partial charge in [0.05, 0.1) is 6.54 Å². The number of nitrogens with zero attached hydrogens (tertiary/aromatic N) is 3. The number of piperidine rings is 1. The molecule has 1 atom stereocenters. The molecule has 0 radical (unpaired) electrons. The third kappa shape index (κ3) is 4.37. The van der Waals surface area contributed by atoms with Crippen molar-refractivity contribution >= 4 is 5.91 Å². The van der Waals surface area contributed by atoms with E-state index in [2.05, 4.69) is 28.9 Å². The van der Waals surface area contributed by atoms with E-state index < -0.39 is 0 Å². The molecular weight excluding hydrogens is 298 g/mol. The molecule has 4 nitrogen and oxygen atoms in total. The second-order valence-electron chi connectivity index (χ2n) is 7.45. The first-order valence-corrected chi connectivity index (χ1v) is 9.38. The fourth-order valence-corrected chi connectivity index (χ4v) is 4.02. The summed E-state index contributed by atoms with van der Waals surface area (Å²) in [5, 5.41) is 0. The van der Waals surface area contributed by atoms with Gasteiger partial charge in [0.1, 0.15) is 0 Å². The van der Waals surface area contributed by atoms with Crippen molar-refractivity contribution < 1.29 is 4.79 Å². The first-order chi connectivity index (χ1) is 11.6. The Morgan fingerprint density at radius 2 is 1.92 bits per heavy atom. The van der Waals surface area contributed by atoms with Crippen LogP contribution in [0.15, 0.2) is 24.3 Å². The SMILES string of the molecule is Cc1ccccc1CN(C)C(=O)CN1CCCC(N2CCCC2)C1. The van der Waals surface area contributed by atoms with Gasteiger partial charge in [-0.15, -0.1) is 0 Å². The largest absolute Gasteiger partial charge is 0.340 e.